The molecule has 1 heterocycles. The van der Waals surface area contributed by atoms with Gasteiger partial charge in [-0.2, -0.15) is 0 Å². The van der Waals surface area contributed by atoms with Crippen molar-refractivity contribution in [1.29, 1.82) is 0 Å². The standard InChI is InChI=1S/C7H12O2/c1-2-7(8)6-3-4-9-5-6/h6H,2-5H2,1H3/t6-/m1/s1. The predicted octanol–water partition coefficient (Wildman–Crippen LogP) is 1.00. The summed E-state index contributed by atoms with van der Waals surface area (Å²) in [7, 11) is 0. The minimum absolute atomic E-state index is 0.218. The largest absolute Gasteiger partial charge is 0.381 e. The first-order valence-electron chi connectivity index (χ1n) is 3.45. The van der Waals surface area contributed by atoms with Crippen molar-refractivity contribution in [1.82, 2.24) is 0 Å². The molecule has 52 valence electrons. The summed E-state index contributed by atoms with van der Waals surface area (Å²) in [5, 5.41) is 0. The topological polar surface area (TPSA) is 26.3 Å². The van der Waals surface area contributed by atoms with Crippen LogP contribution >= 0.6 is 0 Å². The third-order valence-electron chi connectivity index (χ3n) is 1.73. The van der Waals surface area contributed by atoms with E-state index in [4.69, 9.17) is 4.74 Å². The highest BCUT2D eigenvalue weighted by Crippen LogP contribution is 2.14. The van der Waals surface area contributed by atoms with Crippen LogP contribution in [0.4, 0.5) is 0 Å². The zero-order chi connectivity index (χ0) is 6.69. The van der Waals surface area contributed by atoms with Crippen LogP contribution in [-0.4, -0.2) is 19.0 Å². The Morgan fingerprint density at radius 3 is 3.00 bits per heavy atom. The van der Waals surface area contributed by atoms with Crippen LogP contribution in [0.5, 0.6) is 0 Å². The van der Waals surface area contributed by atoms with Gasteiger partial charge in [0.05, 0.1) is 6.61 Å². The smallest absolute Gasteiger partial charge is 0.138 e. The minimum atomic E-state index is 0.218. The molecule has 1 fully saturated rings. The number of ether oxygens (including phenoxy) is 1. The fourth-order valence-corrected chi connectivity index (χ4v) is 1.08. The number of rotatable bonds is 2. The molecular weight excluding hydrogens is 116 g/mol. The summed E-state index contributed by atoms with van der Waals surface area (Å²) in [5.41, 5.74) is 0. The van der Waals surface area contributed by atoms with Gasteiger partial charge >= 0.3 is 0 Å². The van der Waals surface area contributed by atoms with Crippen molar-refractivity contribution in [2.75, 3.05) is 13.2 Å². The van der Waals surface area contributed by atoms with E-state index in [0.717, 1.165) is 13.0 Å². The van der Waals surface area contributed by atoms with E-state index < -0.39 is 0 Å². The minimum Gasteiger partial charge on any atom is -0.381 e. The van der Waals surface area contributed by atoms with Crippen LogP contribution in [0.15, 0.2) is 0 Å². The van der Waals surface area contributed by atoms with Gasteiger partial charge in [-0.1, -0.05) is 6.92 Å². The Kier molecular flexibility index (Phi) is 2.22. The molecular formula is C7H12O2. The molecule has 0 unspecified atom stereocenters. The molecule has 0 N–H and O–H groups in total. The highest BCUT2D eigenvalue weighted by atomic mass is 16.5. The van der Waals surface area contributed by atoms with Gasteiger partial charge in [0, 0.05) is 18.9 Å². The molecule has 0 bridgehead atoms. The van der Waals surface area contributed by atoms with Gasteiger partial charge in [0.2, 0.25) is 0 Å². The van der Waals surface area contributed by atoms with Gasteiger partial charge < -0.3 is 4.74 Å². The third kappa shape index (κ3) is 1.52. The zero-order valence-corrected chi connectivity index (χ0v) is 5.72. The van der Waals surface area contributed by atoms with Crippen LogP contribution < -0.4 is 0 Å². The van der Waals surface area contributed by atoms with Crippen LogP contribution in [0.2, 0.25) is 0 Å². The van der Waals surface area contributed by atoms with E-state index in [9.17, 15) is 4.79 Å². The molecule has 1 aliphatic heterocycles. The van der Waals surface area contributed by atoms with Crippen molar-refractivity contribution in [3.05, 3.63) is 0 Å². The summed E-state index contributed by atoms with van der Waals surface area (Å²) < 4.78 is 5.06. The summed E-state index contributed by atoms with van der Waals surface area (Å²) in [6.07, 6.45) is 1.60. The molecule has 0 spiro atoms. The number of ketones is 1. The number of Topliss-reactive ketones (excluding diaryl/α,β-unsaturated/α-hetero) is 1. The number of carbonyl (C=O) groups is 1. The molecule has 1 atom stereocenters. The monoisotopic (exact) mass is 128 g/mol. The normalized spacial score (nSPS) is 26.6. The van der Waals surface area contributed by atoms with E-state index in [1.54, 1.807) is 0 Å². The van der Waals surface area contributed by atoms with E-state index in [2.05, 4.69) is 0 Å². The summed E-state index contributed by atoms with van der Waals surface area (Å²) in [4.78, 5) is 10.9. The quantitative estimate of drug-likeness (QED) is 0.554. The first kappa shape index (κ1) is 6.75. The molecule has 2 heteroatoms. The number of hydrogen-bond acceptors (Lipinski definition) is 2. The van der Waals surface area contributed by atoms with Crippen LogP contribution in [0.1, 0.15) is 19.8 Å². The maximum Gasteiger partial charge on any atom is 0.138 e. The van der Waals surface area contributed by atoms with Gasteiger partial charge in [-0.25, -0.2) is 0 Å². The second kappa shape index (κ2) is 2.97. The van der Waals surface area contributed by atoms with Crippen molar-refractivity contribution in [2.45, 2.75) is 19.8 Å². The summed E-state index contributed by atoms with van der Waals surface area (Å²) in [6, 6.07) is 0. The van der Waals surface area contributed by atoms with E-state index in [1.807, 2.05) is 6.92 Å². The van der Waals surface area contributed by atoms with Crippen molar-refractivity contribution < 1.29 is 9.53 Å². The zero-order valence-electron chi connectivity index (χ0n) is 5.72. The van der Waals surface area contributed by atoms with Crippen LogP contribution in [-0.2, 0) is 9.53 Å². The van der Waals surface area contributed by atoms with Gasteiger partial charge in [0.25, 0.3) is 0 Å². The Morgan fingerprint density at radius 2 is 2.56 bits per heavy atom. The van der Waals surface area contributed by atoms with Crippen LogP contribution in [0.3, 0.4) is 0 Å². The Morgan fingerprint density at radius 1 is 1.78 bits per heavy atom. The highest BCUT2D eigenvalue weighted by Gasteiger charge is 2.21. The second-order valence-electron chi connectivity index (χ2n) is 2.38. The Hall–Kier alpha value is -0.370. The van der Waals surface area contributed by atoms with Crippen LogP contribution in [0, 0.1) is 5.92 Å². The van der Waals surface area contributed by atoms with Gasteiger partial charge in [-0.15, -0.1) is 0 Å². The Labute approximate surface area is 55.2 Å². The maximum absolute atomic E-state index is 10.9. The number of hydrogen-bond donors (Lipinski definition) is 0. The Bertz CT molecular complexity index is 103. The lowest BCUT2D eigenvalue weighted by atomic mass is 10.0. The van der Waals surface area contributed by atoms with Gasteiger partial charge in [0.15, 0.2) is 0 Å². The lowest BCUT2D eigenvalue weighted by Gasteiger charge is -2.00. The molecule has 2 nitrogen and oxygen atoms in total. The van der Waals surface area contributed by atoms with Crippen LogP contribution in [0.25, 0.3) is 0 Å². The Balaban J connectivity index is 2.32. The molecule has 0 radical (unpaired) electrons. The molecule has 1 aliphatic rings. The second-order valence-corrected chi connectivity index (χ2v) is 2.38. The van der Waals surface area contributed by atoms with E-state index in [0.29, 0.717) is 18.8 Å². The lowest BCUT2D eigenvalue weighted by Crippen LogP contribution is -2.12. The van der Waals surface area contributed by atoms with Crippen molar-refractivity contribution in [3.8, 4) is 0 Å². The van der Waals surface area contributed by atoms with Crippen molar-refractivity contribution in [2.24, 2.45) is 5.92 Å². The molecule has 0 aromatic heterocycles. The van der Waals surface area contributed by atoms with E-state index >= 15 is 0 Å². The molecule has 1 rings (SSSR count). The average Bonchev–Trinajstić information content (AvgIpc) is 2.37. The molecule has 0 amide bonds. The molecule has 0 saturated carbocycles. The molecule has 0 aromatic rings. The summed E-state index contributed by atoms with van der Waals surface area (Å²) in [6.45, 7) is 3.34. The first-order valence-corrected chi connectivity index (χ1v) is 3.45. The third-order valence-corrected chi connectivity index (χ3v) is 1.73. The SMILES string of the molecule is CCC(=O)[C@@H]1CCOC1. The summed E-state index contributed by atoms with van der Waals surface area (Å²) >= 11 is 0. The molecule has 9 heavy (non-hydrogen) atoms. The molecule has 0 aliphatic carbocycles. The molecule has 1 saturated heterocycles. The summed E-state index contributed by atoms with van der Waals surface area (Å²) in [5.74, 6) is 0.572. The first-order chi connectivity index (χ1) is 4.34. The van der Waals surface area contributed by atoms with Crippen molar-refractivity contribution >= 4 is 5.78 Å². The van der Waals surface area contributed by atoms with Gasteiger partial charge in [-0.3, -0.25) is 4.79 Å². The maximum atomic E-state index is 10.9. The predicted molar refractivity (Wildman–Crippen MR) is 34.2 cm³/mol. The fraction of sp³-hybridized carbons (Fsp3) is 0.857. The van der Waals surface area contributed by atoms with Gasteiger partial charge in [-0.05, 0) is 6.42 Å². The van der Waals surface area contributed by atoms with E-state index in [1.165, 1.54) is 0 Å². The fourth-order valence-electron chi connectivity index (χ4n) is 1.08. The average molecular weight is 128 g/mol. The van der Waals surface area contributed by atoms with Crippen molar-refractivity contribution in [3.63, 3.8) is 0 Å². The van der Waals surface area contributed by atoms with Gasteiger partial charge in [0.1, 0.15) is 5.78 Å². The lowest BCUT2D eigenvalue weighted by molar-refractivity contribution is -0.122. The van der Waals surface area contributed by atoms with E-state index in [-0.39, 0.29) is 5.92 Å². The number of carbonyl (C=O) groups excluding carboxylic acids is 1. The highest BCUT2D eigenvalue weighted by molar-refractivity contribution is 5.80. The molecule has 0 aromatic carbocycles.